The number of hydrogen-bond acceptors (Lipinski definition) is 5. The Labute approximate surface area is 170 Å². The second-order valence-electron chi connectivity index (χ2n) is 6.85. The van der Waals surface area contributed by atoms with Crippen LogP contribution >= 0.6 is 0 Å². The van der Waals surface area contributed by atoms with Gasteiger partial charge in [0.25, 0.3) is 5.91 Å². The lowest BCUT2D eigenvalue weighted by Crippen LogP contribution is -2.13. The fourth-order valence-corrected chi connectivity index (χ4v) is 2.85. The molecule has 6 heteroatoms. The molecule has 0 bridgehead atoms. The first-order chi connectivity index (χ1) is 14.0. The molecular weight excluding hydrogens is 366 g/mol. The van der Waals surface area contributed by atoms with Crippen LogP contribution in [0.4, 0.5) is 17.1 Å². The number of anilines is 3. The Morgan fingerprint density at radius 3 is 2.34 bits per heavy atom. The van der Waals surface area contributed by atoms with Gasteiger partial charge in [-0.25, -0.2) is 0 Å². The van der Waals surface area contributed by atoms with E-state index < -0.39 is 0 Å². The number of carbonyl (C=O) groups is 1. The second kappa shape index (κ2) is 9.10. The second-order valence-corrected chi connectivity index (χ2v) is 6.85. The number of hydrogen-bond donors (Lipinski definition) is 2. The molecule has 0 fully saturated rings. The summed E-state index contributed by atoms with van der Waals surface area (Å²) < 4.78 is 10.7. The predicted octanol–water partition coefficient (Wildman–Crippen LogP) is 5.22. The SMILES string of the molecule is COc1ccc(OC)c(Nc2ccnc(C(=O)Nc3ccc(C(C)C)cc3)c2)c1. The summed E-state index contributed by atoms with van der Waals surface area (Å²) in [6, 6.07) is 16.8. The Kier molecular flexibility index (Phi) is 6.34. The normalized spacial score (nSPS) is 10.5. The number of amides is 1. The van der Waals surface area contributed by atoms with Gasteiger partial charge in [-0.2, -0.15) is 0 Å². The topological polar surface area (TPSA) is 72.5 Å². The monoisotopic (exact) mass is 391 g/mol. The van der Waals surface area contributed by atoms with Crippen LogP contribution in [0.3, 0.4) is 0 Å². The number of methoxy groups -OCH3 is 2. The summed E-state index contributed by atoms with van der Waals surface area (Å²) in [5.74, 6) is 1.53. The van der Waals surface area contributed by atoms with Crippen molar-refractivity contribution in [3.05, 3.63) is 72.1 Å². The van der Waals surface area contributed by atoms with Gasteiger partial charge < -0.3 is 20.1 Å². The van der Waals surface area contributed by atoms with Gasteiger partial charge >= 0.3 is 0 Å². The quantitative estimate of drug-likeness (QED) is 0.578. The molecule has 6 nitrogen and oxygen atoms in total. The van der Waals surface area contributed by atoms with Crippen LogP contribution in [-0.4, -0.2) is 25.1 Å². The van der Waals surface area contributed by atoms with Crippen molar-refractivity contribution in [2.75, 3.05) is 24.9 Å². The van der Waals surface area contributed by atoms with Crippen LogP contribution in [0.2, 0.25) is 0 Å². The molecule has 150 valence electrons. The molecule has 3 aromatic rings. The maximum Gasteiger partial charge on any atom is 0.274 e. The van der Waals surface area contributed by atoms with Gasteiger partial charge in [-0.15, -0.1) is 0 Å². The predicted molar refractivity (Wildman–Crippen MR) is 116 cm³/mol. The average Bonchev–Trinajstić information content (AvgIpc) is 2.74. The van der Waals surface area contributed by atoms with E-state index >= 15 is 0 Å². The molecule has 3 rings (SSSR count). The zero-order valence-corrected chi connectivity index (χ0v) is 17.0. The van der Waals surface area contributed by atoms with E-state index in [0.29, 0.717) is 28.8 Å². The van der Waals surface area contributed by atoms with Crippen molar-refractivity contribution in [1.29, 1.82) is 0 Å². The van der Waals surface area contributed by atoms with Crippen molar-refractivity contribution in [3.8, 4) is 11.5 Å². The van der Waals surface area contributed by atoms with Crippen molar-refractivity contribution in [1.82, 2.24) is 4.98 Å². The highest BCUT2D eigenvalue weighted by atomic mass is 16.5. The van der Waals surface area contributed by atoms with Crippen molar-refractivity contribution < 1.29 is 14.3 Å². The summed E-state index contributed by atoms with van der Waals surface area (Å²) in [7, 11) is 3.21. The van der Waals surface area contributed by atoms with Crippen molar-refractivity contribution >= 4 is 23.0 Å². The third kappa shape index (κ3) is 5.04. The fraction of sp³-hybridized carbons (Fsp3) is 0.217. The smallest absolute Gasteiger partial charge is 0.274 e. The highest BCUT2D eigenvalue weighted by Gasteiger charge is 2.11. The van der Waals surface area contributed by atoms with Crippen LogP contribution in [0.15, 0.2) is 60.8 Å². The summed E-state index contributed by atoms with van der Waals surface area (Å²) in [6.07, 6.45) is 1.59. The van der Waals surface area contributed by atoms with Gasteiger partial charge in [-0.3, -0.25) is 9.78 Å². The molecule has 0 saturated carbocycles. The van der Waals surface area contributed by atoms with Gasteiger partial charge in [-0.05, 0) is 47.9 Å². The highest BCUT2D eigenvalue weighted by Crippen LogP contribution is 2.31. The molecule has 1 heterocycles. The number of rotatable bonds is 7. The fourth-order valence-electron chi connectivity index (χ4n) is 2.85. The Morgan fingerprint density at radius 1 is 0.931 bits per heavy atom. The van der Waals surface area contributed by atoms with Gasteiger partial charge in [0.05, 0.1) is 19.9 Å². The summed E-state index contributed by atoms with van der Waals surface area (Å²) in [6.45, 7) is 4.26. The van der Waals surface area contributed by atoms with Gasteiger partial charge in [0, 0.05) is 23.6 Å². The Hall–Kier alpha value is -3.54. The lowest BCUT2D eigenvalue weighted by molar-refractivity contribution is 0.102. The van der Waals surface area contributed by atoms with E-state index in [2.05, 4.69) is 29.5 Å². The van der Waals surface area contributed by atoms with Crippen molar-refractivity contribution in [3.63, 3.8) is 0 Å². The molecule has 0 aliphatic heterocycles. The average molecular weight is 391 g/mol. The molecule has 0 saturated heterocycles. The van der Waals surface area contributed by atoms with Crippen LogP contribution in [-0.2, 0) is 0 Å². The number of benzene rings is 2. The maximum absolute atomic E-state index is 12.6. The lowest BCUT2D eigenvalue weighted by atomic mass is 10.0. The molecule has 0 radical (unpaired) electrons. The third-order valence-corrected chi connectivity index (χ3v) is 4.51. The van der Waals surface area contributed by atoms with Crippen LogP contribution in [0.25, 0.3) is 0 Å². The third-order valence-electron chi connectivity index (χ3n) is 4.51. The minimum atomic E-state index is -0.274. The van der Waals surface area contributed by atoms with Crippen LogP contribution < -0.4 is 20.1 Å². The van der Waals surface area contributed by atoms with Crippen molar-refractivity contribution in [2.45, 2.75) is 19.8 Å². The zero-order valence-electron chi connectivity index (χ0n) is 17.0. The largest absolute Gasteiger partial charge is 0.497 e. The van der Waals surface area contributed by atoms with Gasteiger partial charge in [0.2, 0.25) is 0 Å². The summed E-state index contributed by atoms with van der Waals surface area (Å²) >= 11 is 0. The number of ether oxygens (including phenoxy) is 2. The van der Waals surface area contributed by atoms with Crippen LogP contribution in [0.5, 0.6) is 11.5 Å². The van der Waals surface area contributed by atoms with E-state index in [1.54, 1.807) is 32.5 Å². The molecule has 2 N–H and O–H groups in total. The standard InChI is InChI=1S/C23H25N3O3/c1-15(2)16-5-7-17(8-6-16)26-23(27)21-13-18(11-12-24-21)25-20-14-19(28-3)9-10-22(20)29-4/h5-15H,1-4H3,(H,24,25)(H,26,27). The molecule has 29 heavy (non-hydrogen) atoms. The first kappa shape index (κ1) is 20.2. The van der Waals surface area contributed by atoms with Gasteiger partial charge in [0.1, 0.15) is 17.2 Å². The number of pyridine rings is 1. The van der Waals surface area contributed by atoms with E-state index in [1.165, 1.54) is 5.56 Å². The molecule has 0 spiro atoms. The number of nitrogens with one attached hydrogen (secondary N) is 2. The number of aromatic nitrogens is 1. The maximum atomic E-state index is 12.6. The van der Waals surface area contributed by atoms with E-state index in [4.69, 9.17) is 9.47 Å². The Balaban J connectivity index is 1.76. The minimum absolute atomic E-state index is 0.274. The zero-order chi connectivity index (χ0) is 20.8. The Bertz CT molecular complexity index is 985. The van der Waals surface area contributed by atoms with Crippen molar-refractivity contribution in [2.24, 2.45) is 0 Å². The molecule has 2 aromatic carbocycles. The van der Waals surface area contributed by atoms with Crippen LogP contribution in [0, 0.1) is 0 Å². The summed E-state index contributed by atoms with van der Waals surface area (Å²) in [5, 5.41) is 6.13. The van der Waals surface area contributed by atoms with E-state index in [-0.39, 0.29) is 5.91 Å². The number of nitrogens with zero attached hydrogens (tertiary/aromatic N) is 1. The summed E-state index contributed by atoms with van der Waals surface area (Å²) in [5.41, 5.74) is 3.71. The molecule has 1 aromatic heterocycles. The molecular formula is C23H25N3O3. The minimum Gasteiger partial charge on any atom is -0.497 e. The van der Waals surface area contributed by atoms with Gasteiger partial charge in [0.15, 0.2) is 0 Å². The lowest BCUT2D eigenvalue weighted by Gasteiger charge is -2.13. The molecule has 1 amide bonds. The first-order valence-corrected chi connectivity index (χ1v) is 9.36. The van der Waals surface area contributed by atoms with E-state index in [1.807, 2.05) is 42.5 Å². The van der Waals surface area contributed by atoms with Gasteiger partial charge in [-0.1, -0.05) is 26.0 Å². The van der Waals surface area contributed by atoms with Crippen LogP contribution in [0.1, 0.15) is 35.8 Å². The van der Waals surface area contributed by atoms with E-state index in [9.17, 15) is 4.79 Å². The molecule has 0 aliphatic carbocycles. The van der Waals surface area contributed by atoms with E-state index in [0.717, 1.165) is 11.4 Å². The molecule has 0 aliphatic rings. The Morgan fingerprint density at radius 2 is 1.69 bits per heavy atom. The molecule has 0 atom stereocenters. The first-order valence-electron chi connectivity index (χ1n) is 9.36. The molecule has 0 unspecified atom stereocenters. The summed E-state index contributed by atoms with van der Waals surface area (Å²) in [4.78, 5) is 16.8. The number of carbonyl (C=O) groups excluding carboxylic acids is 1. The highest BCUT2D eigenvalue weighted by molar-refractivity contribution is 6.03.